The minimum atomic E-state index is -0.333. The van der Waals surface area contributed by atoms with Crippen molar-refractivity contribution in [1.29, 1.82) is 0 Å². The molecule has 1 heterocycles. The predicted octanol–water partition coefficient (Wildman–Crippen LogP) is 1.93. The van der Waals surface area contributed by atoms with E-state index in [1.54, 1.807) is 0 Å². The van der Waals surface area contributed by atoms with Gasteiger partial charge < -0.3 is 10.4 Å². The summed E-state index contributed by atoms with van der Waals surface area (Å²) in [6.07, 6.45) is 2.14. The summed E-state index contributed by atoms with van der Waals surface area (Å²) in [5.74, 6) is 0. The highest BCUT2D eigenvalue weighted by molar-refractivity contribution is 6.32. The van der Waals surface area contributed by atoms with Gasteiger partial charge in [0.15, 0.2) is 0 Å². The first-order chi connectivity index (χ1) is 10.2. The Kier molecular flexibility index (Phi) is 5.36. The summed E-state index contributed by atoms with van der Waals surface area (Å²) in [7, 11) is 0. The van der Waals surface area contributed by atoms with Crippen molar-refractivity contribution in [2.75, 3.05) is 11.9 Å². The molecule has 0 amide bonds. The highest BCUT2D eigenvalue weighted by Gasteiger charge is 2.13. The van der Waals surface area contributed by atoms with Crippen molar-refractivity contribution in [3.63, 3.8) is 0 Å². The van der Waals surface area contributed by atoms with E-state index in [9.17, 15) is 9.90 Å². The fourth-order valence-corrected chi connectivity index (χ4v) is 2.27. The van der Waals surface area contributed by atoms with E-state index in [0.717, 1.165) is 5.56 Å². The second-order valence-electron chi connectivity index (χ2n) is 4.71. The molecule has 0 fully saturated rings. The minimum absolute atomic E-state index is 0.0674. The third kappa shape index (κ3) is 3.83. The lowest BCUT2D eigenvalue weighted by molar-refractivity contribution is 0.273. The van der Waals surface area contributed by atoms with E-state index in [1.165, 1.54) is 10.9 Å². The summed E-state index contributed by atoms with van der Waals surface area (Å²) >= 11 is 6.06. The third-order valence-electron chi connectivity index (χ3n) is 3.19. The van der Waals surface area contributed by atoms with Crippen LogP contribution in [0.15, 0.2) is 41.3 Å². The Bertz CT molecular complexity index is 643. The summed E-state index contributed by atoms with van der Waals surface area (Å²) in [6, 6.07) is 9.57. The molecule has 0 spiro atoms. The van der Waals surface area contributed by atoms with E-state index in [0.29, 0.717) is 18.7 Å². The van der Waals surface area contributed by atoms with Gasteiger partial charge in [-0.05, 0) is 18.9 Å². The molecule has 0 aliphatic heterocycles. The van der Waals surface area contributed by atoms with Gasteiger partial charge in [0.1, 0.15) is 5.02 Å². The van der Waals surface area contributed by atoms with Gasteiger partial charge in [-0.2, -0.15) is 5.10 Å². The van der Waals surface area contributed by atoms with Gasteiger partial charge in [-0.15, -0.1) is 0 Å². The smallest absolute Gasteiger partial charge is 0.287 e. The molecule has 0 aliphatic carbocycles. The zero-order valence-electron chi connectivity index (χ0n) is 11.8. The summed E-state index contributed by atoms with van der Waals surface area (Å²) in [5.41, 5.74) is 1.21. The van der Waals surface area contributed by atoms with E-state index in [2.05, 4.69) is 10.4 Å². The monoisotopic (exact) mass is 307 g/mol. The minimum Gasteiger partial charge on any atom is -0.394 e. The van der Waals surface area contributed by atoms with Crippen LogP contribution in [-0.2, 0) is 13.0 Å². The maximum absolute atomic E-state index is 11.9. The number of hydrogen-bond donors (Lipinski definition) is 2. The molecule has 1 unspecified atom stereocenters. The largest absolute Gasteiger partial charge is 0.394 e. The number of halogens is 1. The molecule has 1 atom stereocenters. The van der Waals surface area contributed by atoms with Crippen molar-refractivity contribution >= 4 is 17.3 Å². The van der Waals surface area contributed by atoms with Crippen LogP contribution in [0.2, 0.25) is 5.02 Å². The average Bonchev–Trinajstić information content (AvgIpc) is 2.52. The van der Waals surface area contributed by atoms with Gasteiger partial charge in [0.05, 0.1) is 24.5 Å². The summed E-state index contributed by atoms with van der Waals surface area (Å²) in [4.78, 5) is 11.9. The Morgan fingerprint density at radius 3 is 2.71 bits per heavy atom. The first-order valence-corrected chi connectivity index (χ1v) is 7.20. The Morgan fingerprint density at radius 1 is 1.38 bits per heavy atom. The highest BCUT2D eigenvalue weighted by atomic mass is 35.5. The lowest BCUT2D eigenvalue weighted by Gasteiger charge is -2.18. The number of aromatic nitrogens is 2. The molecule has 0 aliphatic rings. The number of aliphatic hydroxyl groups is 1. The van der Waals surface area contributed by atoms with Crippen molar-refractivity contribution < 1.29 is 5.11 Å². The molecule has 5 nitrogen and oxygen atoms in total. The van der Waals surface area contributed by atoms with Crippen LogP contribution in [0, 0.1) is 0 Å². The fraction of sp³-hybridized carbons (Fsp3) is 0.333. The number of rotatable bonds is 6. The lowest BCUT2D eigenvalue weighted by Crippen LogP contribution is -2.29. The normalized spacial score (nSPS) is 12.1. The van der Waals surface area contributed by atoms with Crippen LogP contribution in [0.1, 0.15) is 12.5 Å². The quantitative estimate of drug-likeness (QED) is 0.856. The number of aryl methyl sites for hydroxylation is 1. The Balaban J connectivity index is 2.16. The van der Waals surface area contributed by atoms with Crippen LogP contribution in [0.5, 0.6) is 0 Å². The number of anilines is 1. The number of aliphatic hydroxyl groups excluding tert-OH is 1. The number of benzene rings is 1. The molecule has 0 saturated carbocycles. The fourth-order valence-electron chi connectivity index (χ4n) is 2.07. The molecular formula is C15H18ClN3O2. The van der Waals surface area contributed by atoms with Gasteiger partial charge in [-0.3, -0.25) is 4.79 Å². The Labute approximate surface area is 128 Å². The number of hydrogen-bond acceptors (Lipinski definition) is 4. The second kappa shape index (κ2) is 7.24. The first kappa shape index (κ1) is 15.5. The van der Waals surface area contributed by atoms with Crippen LogP contribution in [0.4, 0.5) is 5.69 Å². The molecular weight excluding hydrogens is 290 g/mol. The molecule has 6 heteroatoms. The van der Waals surface area contributed by atoms with E-state index < -0.39 is 0 Å². The van der Waals surface area contributed by atoms with Crippen molar-refractivity contribution in [2.45, 2.75) is 25.9 Å². The molecule has 0 bridgehead atoms. The van der Waals surface area contributed by atoms with Gasteiger partial charge in [-0.25, -0.2) is 4.68 Å². The van der Waals surface area contributed by atoms with E-state index in [-0.39, 0.29) is 23.2 Å². The third-order valence-corrected chi connectivity index (χ3v) is 3.55. The van der Waals surface area contributed by atoms with Crippen LogP contribution in [-0.4, -0.2) is 27.5 Å². The second-order valence-corrected chi connectivity index (χ2v) is 5.08. The Hall–Kier alpha value is -1.85. The van der Waals surface area contributed by atoms with Crippen LogP contribution in [0.25, 0.3) is 0 Å². The van der Waals surface area contributed by atoms with E-state index >= 15 is 0 Å². The first-order valence-electron chi connectivity index (χ1n) is 6.82. The molecule has 112 valence electrons. The zero-order valence-corrected chi connectivity index (χ0v) is 12.5. The van der Waals surface area contributed by atoms with Crippen molar-refractivity contribution in [3.8, 4) is 0 Å². The Morgan fingerprint density at radius 2 is 2.10 bits per heavy atom. The van der Waals surface area contributed by atoms with Gasteiger partial charge in [-0.1, -0.05) is 41.9 Å². The molecule has 2 rings (SSSR count). The zero-order chi connectivity index (χ0) is 15.2. The molecule has 0 radical (unpaired) electrons. The highest BCUT2D eigenvalue weighted by Crippen LogP contribution is 2.17. The van der Waals surface area contributed by atoms with Crippen LogP contribution >= 0.6 is 11.6 Å². The van der Waals surface area contributed by atoms with Crippen LogP contribution in [0.3, 0.4) is 0 Å². The number of nitrogens with one attached hydrogen (secondary N) is 1. The standard InChI is InChI=1S/C15H18ClN3O2/c1-2-19-15(21)14(16)13(9-17-19)18-12(10-20)8-11-6-4-3-5-7-11/h3-7,9,12,18,20H,2,8,10H2,1H3. The van der Waals surface area contributed by atoms with E-state index in [4.69, 9.17) is 11.6 Å². The molecule has 2 N–H and O–H groups in total. The molecule has 21 heavy (non-hydrogen) atoms. The maximum atomic E-state index is 11.9. The van der Waals surface area contributed by atoms with Gasteiger partial charge in [0.25, 0.3) is 5.56 Å². The lowest BCUT2D eigenvalue weighted by atomic mass is 10.1. The summed E-state index contributed by atoms with van der Waals surface area (Å²) in [5, 5.41) is 16.7. The predicted molar refractivity (Wildman–Crippen MR) is 83.8 cm³/mol. The topological polar surface area (TPSA) is 67.2 Å². The molecule has 0 saturated heterocycles. The summed E-state index contributed by atoms with van der Waals surface area (Å²) < 4.78 is 1.29. The van der Waals surface area contributed by atoms with Gasteiger partial charge >= 0.3 is 0 Å². The van der Waals surface area contributed by atoms with Crippen molar-refractivity contribution in [2.24, 2.45) is 0 Å². The molecule has 2 aromatic rings. The summed E-state index contributed by atoms with van der Waals surface area (Å²) in [6.45, 7) is 2.22. The maximum Gasteiger partial charge on any atom is 0.287 e. The van der Waals surface area contributed by atoms with Crippen molar-refractivity contribution in [3.05, 3.63) is 57.5 Å². The molecule has 1 aromatic heterocycles. The van der Waals surface area contributed by atoms with Gasteiger partial charge in [0.2, 0.25) is 0 Å². The molecule has 1 aromatic carbocycles. The van der Waals surface area contributed by atoms with Crippen LogP contribution < -0.4 is 10.9 Å². The van der Waals surface area contributed by atoms with Crippen molar-refractivity contribution in [1.82, 2.24) is 9.78 Å². The van der Waals surface area contributed by atoms with E-state index in [1.807, 2.05) is 37.3 Å². The SMILES string of the molecule is CCn1ncc(NC(CO)Cc2ccccc2)c(Cl)c1=O. The number of nitrogens with zero attached hydrogens (tertiary/aromatic N) is 2. The van der Waals surface area contributed by atoms with Gasteiger partial charge in [0, 0.05) is 6.54 Å². The average molecular weight is 308 g/mol.